The lowest BCUT2D eigenvalue weighted by Gasteiger charge is -2.24. The van der Waals surface area contributed by atoms with Gasteiger partial charge in [0, 0.05) is 31.9 Å². The van der Waals surface area contributed by atoms with Crippen LogP contribution in [-0.4, -0.2) is 68.9 Å². The first kappa shape index (κ1) is 24.6. The highest BCUT2D eigenvalue weighted by Gasteiger charge is 2.33. The van der Waals surface area contributed by atoms with Crippen LogP contribution in [0.25, 0.3) is 0 Å². The summed E-state index contributed by atoms with van der Waals surface area (Å²) in [6.07, 6.45) is -4.71. The highest BCUT2D eigenvalue weighted by molar-refractivity contribution is 5.90. The Labute approximate surface area is 200 Å². The monoisotopic (exact) mass is 493 g/mol. The van der Waals surface area contributed by atoms with Gasteiger partial charge in [0.2, 0.25) is 0 Å². The van der Waals surface area contributed by atoms with E-state index in [1.807, 2.05) is 39.5 Å². The van der Waals surface area contributed by atoms with Gasteiger partial charge >= 0.3 is 12.5 Å². The molecule has 2 heterocycles. The molecule has 0 aromatic heterocycles. The van der Waals surface area contributed by atoms with Crippen LogP contribution < -0.4 is 20.9 Å². The zero-order valence-electron chi connectivity index (χ0n) is 18.8. The first-order valence-corrected chi connectivity index (χ1v) is 11.1. The van der Waals surface area contributed by atoms with Gasteiger partial charge in [-0.1, -0.05) is 12.1 Å². The van der Waals surface area contributed by atoms with E-state index in [2.05, 4.69) is 0 Å². The average Bonchev–Trinajstić information content (AvgIpc) is 3.05. The van der Waals surface area contributed by atoms with Gasteiger partial charge in [0.25, 0.3) is 5.91 Å². The van der Waals surface area contributed by atoms with E-state index in [4.69, 9.17) is 15.3 Å². The summed E-state index contributed by atoms with van der Waals surface area (Å²) in [6, 6.07) is 11.9. The molecule has 0 bridgehead atoms. The Bertz CT molecular complexity index is 1060. The van der Waals surface area contributed by atoms with Crippen LogP contribution in [0.15, 0.2) is 42.5 Å². The van der Waals surface area contributed by atoms with E-state index in [1.54, 1.807) is 12.1 Å². The fraction of sp³-hybridized carbons (Fsp3) is 0.391. The fourth-order valence-electron chi connectivity index (χ4n) is 3.93. The summed E-state index contributed by atoms with van der Waals surface area (Å²) in [5.41, 5.74) is 8.11. The number of nitrogen functional groups attached to an aromatic ring is 1. The third-order valence-corrected chi connectivity index (χ3v) is 5.75. The van der Waals surface area contributed by atoms with Crippen LogP contribution in [0.2, 0.25) is 0 Å². The lowest BCUT2D eigenvalue weighted by atomic mass is 10.2. The number of carbonyl (C=O) groups is 2. The van der Waals surface area contributed by atoms with Crippen molar-refractivity contribution in [2.24, 2.45) is 0 Å². The number of halogens is 3. The average molecular weight is 493 g/mol. The molecule has 12 heteroatoms. The van der Waals surface area contributed by atoms with Crippen LogP contribution in [0.3, 0.4) is 0 Å². The lowest BCUT2D eigenvalue weighted by molar-refractivity contribution is -0.154. The van der Waals surface area contributed by atoms with Crippen LogP contribution in [0, 0.1) is 5.82 Å². The van der Waals surface area contributed by atoms with E-state index in [1.165, 1.54) is 11.0 Å². The Morgan fingerprint density at radius 3 is 2.63 bits per heavy atom. The van der Waals surface area contributed by atoms with E-state index in [0.29, 0.717) is 44.2 Å². The van der Waals surface area contributed by atoms with Gasteiger partial charge < -0.3 is 20.7 Å². The van der Waals surface area contributed by atoms with Crippen LogP contribution in [0.1, 0.15) is 5.56 Å². The Balaban J connectivity index is 1.35. The van der Waals surface area contributed by atoms with E-state index in [-0.39, 0.29) is 18.8 Å². The second kappa shape index (κ2) is 10.8. The van der Waals surface area contributed by atoms with Crippen molar-refractivity contribution in [1.29, 1.82) is 0 Å². The number of amides is 2. The van der Waals surface area contributed by atoms with E-state index in [9.17, 15) is 18.4 Å². The number of anilines is 3. The molecule has 2 fully saturated rings. The van der Waals surface area contributed by atoms with Crippen molar-refractivity contribution in [1.82, 2.24) is 10.4 Å². The molecule has 188 valence electrons. The molecule has 3 N–H and O–H groups in total. The molecule has 4 rings (SSSR count). The lowest BCUT2D eigenvalue weighted by Crippen LogP contribution is -2.37. The predicted octanol–water partition coefficient (Wildman–Crippen LogP) is 2.37. The molecule has 2 saturated heterocycles. The quantitative estimate of drug-likeness (QED) is 0.572. The third kappa shape index (κ3) is 6.14. The minimum Gasteiger partial charge on any atom is -0.442 e. The minimum absolute atomic E-state index is 0.00120. The van der Waals surface area contributed by atoms with E-state index >= 15 is 4.39 Å². The van der Waals surface area contributed by atoms with Crippen molar-refractivity contribution >= 4 is 29.1 Å². The number of nitrogens with one attached hydrogen (secondary N) is 1. The number of carbonyl (C=O) groups excluding carboxylic acids is 2. The standard InChI is InChI=1S/C23H26F3N5O4/c24-19-11-17(31-14-18(35-23(31)33)12-28-22(32)21(25)26)5-6-20(19)29-7-8-30(34-10-9-29)13-15-1-3-16(27)4-2-15/h1-6,11,18,21H,7-10,12-14,27H2,(H,28,32). The summed E-state index contributed by atoms with van der Waals surface area (Å²) >= 11 is 0. The number of nitrogens with two attached hydrogens (primary N) is 1. The normalized spacial score (nSPS) is 19.1. The molecule has 0 spiro atoms. The summed E-state index contributed by atoms with van der Waals surface area (Å²) in [4.78, 5) is 32.1. The summed E-state index contributed by atoms with van der Waals surface area (Å²) in [7, 11) is 0. The molecule has 35 heavy (non-hydrogen) atoms. The molecule has 2 aliphatic heterocycles. The zero-order valence-corrected chi connectivity index (χ0v) is 18.8. The second-order valence-corrected chi connectivity index (χ2v) is 8.22. The highest BCUT2D eigenvalue weighted by Crippen LogP contribution is 2.28. The third-order valence-electron chi connectivity index (χ3n) is 5.75. The maximum atomic E-state index is 15.0. The SMILES string of the molecule is Nc1ccc(CN2CCN(c3ccc(N4CC(CNC(=O)C(F)F)OC4=O)cc3F)CCO2)cc1. The maximum absolute atomic E-state index is 15.0. The van der Waals surface area contributed by atoms with Gasteiger partial charge in [0.05, 0.1) is 31.1 Å². The van der Waals surface area contributed by atoms with Crippen LogP contribution in [0.4, 0.5) is 35.0 Å². The smallest absolute Gasteiger partial charge is 0.414 e. The summed E-state index contributed by atoms with van der Waals surface area (Å²) in [5, 5.41) is 3.84. The molecule has 2 amide bonds. The number of nitrogens with zero attached hydrogens (tertiary/aromatic N) is 3. The molecule has 0 aliphatic carbocycles. The van der Waals surface area contributed by atoms with Gasteiger partial charge in [-0.05, 0) is 35.9 Å². The molecule has 0 saturated carbocycles. The summed E-state index contributed by atoms with van der Waals surface area (Å²) in [5.74, 6) is -1.96. The molecular formula is C23H26F3N5O4. The summed E-state index contributed by atoms with van der Waals surface area (Å²) in [6.45, 7) is 2.25. The molecule has 1 unspecified atom stereocenters. The molecule has 1 atom stereocenters. The molecule has 9 nitrogen and oxygen atoms in total. The zero-order chi connectivity index (χ0) is 24.9. The van der Waals surface area contributed by atoms with E-state index in [0.717, 1.165) is 5.56 Å². The molecule has 2 aromatic carbocycles. The van der Waals surface area contributed by atoms with Crippen molar-refractivity contribution < 1.29 is 32.3 Å². The highest BCUT2D eigenvalue weighted by atomic mass is 19.3. The number of ether oxygens (including phenoxy) is 1. The number of alkyl halides is 2. The van der Waals surface area contributed by atoms with Crippen molar-refractivity contribution in [3.05, 3.63) is 53.8 Å². The van der Waals surface area contributed by atoms with Gasteiger partial charge in [0.1, 0.15) is 11.9 Å². The van der Waals surface area contributed by atoms with Crippen molar-refractivity contribution in [2.75, 3.05) is 54.9 Å². The second-order valence-electron chi connectivity index (χ2n) is 8.22. The Morgan fingerprint density at radius 2 is 1.91 bits per heavy atom. The van der Waals surface area contributed by atoms with Crippen molar-refractivity contribution in [3.63, 3.8) is 0 Å². The molecule has 2 aromatic rings. The fourth-order valence-corrected chi connectivity index (χ4v) is 3.93. The summed E-state index contributed by atoms with van der Waals surface area (Å²) < 4.78 is 44.8. The van der Waals surface area contributed by atoms with Gasteiger partial charge in [-0.15, -0.1) is 0 Å². The number of hydroxylamine groups is 2. The number of hydrogen-bond donors (Lipinski definition) is 2. The number of benzene rings is 2. The Hall–Kier alpha value is -3.51. The molecular weight excluding hydrogens is 467 g/mol. The van der Waals surface area contributed by atoms with Crippen LogP contribution in [-0.2, 0) is 20.9 Å². The maximum Gasteiger partial charge on any atom is 0.414 e. The minimum atomic E-state index is -3.15. The predicted molar refractivity (Wildman–Crippen MR) is 122 cm³/mol. The van der Waals surface area contributed by atoms with E-state index < -0.39 is 30.3 Å². The molecule has 2 aliphatic rings. The Kier molecular flexibility index (Phi) is 7.61. The van der Waals surface area contributed by atoms with Gasteiger partial charge in [0.15, 0.2) is 0 Å². The van der Waals surface area contributed by atoms with Gasteiger partial charge in [-0.2, -0.15) is 13.8 Å². The number of hydrogen-bond acceptors (Lipinski definition) is 7. The molecule has 0 radical (unpaired) electrons. The van der Waals surface area contributed by atoms with Gasteiger partial charge in [-0.3, -0.25) is 14.5 Å². The Morgan fingerprint density at radius 1 is 1.14 bits per heavy atom. The topological polar surface area (TPSA) is 100 Å². The first-order valence-electron chi connectivity index (χ1n) is 11.1. The van der Waals surface area contributed by atoms with Crippen LogP contribution in [0.5, 0.6) is 0 Å². The number of rotatable bonds is 7. The number of cyclic esters (lactones) is 1. The van der Waals surface area contributed by atoms with Crippen molar-refractivity contribution in [3.8, 4) is 0 Å². The first-order chi connectivity index (χ1) is 16.8. The van der Waals surface area contributed by atoms with Gasteiger partial charge in [-0.25, -0.2) is 9.18 Å². The van der Waals surface area contributed by atoms with Crippen LogP contribution >= 0.6 is 0 Å². The largest absolute Gasteiger partial charge is 0.442 e. The van der Waals surface area contributed by atoms with Crippen molar-refractivity contribution in [2.45, 2.75) is 19.1 Å².